The Hall–Kier alpha value is -2.67. The molecule has 0 radical (unpaired) electrons. The summed E-state index contributed by atoms with van der Waals surface area (Å²) in [5.41, 5.74) is 6.37. The van der Waals surface area contributed by atoms with Crippen LogP contribution in [0.1, 0.15) is 44.9 Å². The van der Waals surface area contributed by atoms with Crippen LogP contribution in [0.4, 0.5) is 0 Å². The predicted molar refractivity (Wildman–Crippen MR) is 96.6 cm³/mol. The number of ketones is 1. The average molecular weight is 354 g/mol. The second kappa shape index (κ2) is 6.00. The fraction of sp³-hybridized carbons (Fsp3) is 0.278. The average Bonchev–Trinajstić information content (AvgIpc) is 3.12. The first-order valence-electron chi connectivity index (χ1n) is 8.19. The van der Waals surface area contributed by atoms with E-state index in [1.807, 2.05) is 42.8 Å². The molecular weight excluding hydrogens is 336 g/mol. The first kappa shape index (κ1) is 15.8. The summed E-state index contributed by atoms with van der Waals surface area (Å²) >= 11 is 1.51. The fourth-order valence-corrected chi connectivity index (χ4v) is 4.32. The topological polar surface area (TPSA) is 79.2 Å². The lowest BCUT2D eigenvalue weighted by molar-refractivity contribution is 0.0947. The third-order valence-electron chi connectivity index (χ3n) is 4.63. The number of hydrogen-bond donors (Lipinski definition) is 2. The van der Waals surface area contributed by atoms with E-state index in [2.05, 4.69) is 15.5 Å². The van der Waals surface area contributed by atoms with Crippen LogP contribution in [0.15, 0.2) is 29.4 Å². The number of Topliss-reactive ketones (excluding diaryl/α,β-unsaturated/α-hetero) is 1. The number of hydrogen-bond acceptors (Lipinski definition) is 4. The maximum absolute atomic E-state index is 12.5. The van der Waals surface area contributed by atoms with Gasteiger partial charge in [0.05, 0.1) is 10.2 Å². The summed E-state index contributed by atoms with van der Waals surface area (Å²) in [7, 11) is 1.92. The number of benzene rings is 1. The number of carbonyl (C=O) groups is 2. The highest BCUT2D eigenvalue weighted by atomic mass is 32.1. The minimum atomic E-state index is -0.322. The molecule has 1 aliphatic carbocycles. The zero-order valence-electron chi connectivity index (χ0n) is 14.0. The molecule has 6 nitrogen and oxygen atoms in total. The van der Waals surface area contributed by atoms with Crippen LogP contribution in [0.5, 0.6) is 0 Å². The van der Waals surface area contributed by atoms with Crippen molar-refractivity contribution in [2.24, 2.45) is 12.1 Å². The molecule has 0 atom stereocenters. The van der Waals surface area contributed by atoms with Crippen molar-refractivity contribution in [2.75, 3.05) is 0 Å². The van der Waals surface area contributed by atoms with Gasteiger partial charge in [0.25, 0.3) is 5.91 Å². The summed E-state index contributed by atoms with van der Waals surface area (Å²) in [6.45, 7) is 1.81. The predicted octanol–water partition coefficient (Wildman–Crippen LogP) is 2.64. The summed E-state index contributed by atoms with van der Waals surface area (Å²) in [6, 6.07) is 7.99. The Morgan fingerprint density at radius 2 is 2.12 bits per heavy atom. The van der Waals surface area contributed by atoms with Crippen molar-refractivity contribution in [1.82, 2.24) is 15.0 Å². The molecule has 2 aromatic heterocycles. The van der Waals surface area contributed by atoms with E-state index in [0.717, 1.165) is 28.8 Å². The zero-order valence-corrected chi connectivity index (χ0v) is 14.9. The van der Waals surface area contributed by atoms with Gasteiger partial charge in [0, 0.05) is 24.7 Å². The molecule has 0 saturated heterocycles. The van der Waals surface area contributed by atoms with E-state index in [0.29, 0.717) is 28.0 Å². The third kappa shape index (κ3) is 2.60. The molecule has 1 aromatic carbocycles. The van der Waals surface area contributed by atoms with Crippen molar-refractivity contribution in [1.29, 1.82) is 0 Å². The van der Waals surface area contributed by atoms with Gasteiger partial charge in [0.2, 0.25) is 4.80 Å². The van der Waals surface area contributed by atoms with Crippen molar-refractivity contribution in [3.63, 3.8) is 0 Å². The Bertz CT molecular complexity index is 1070. The van der Waals surface area contributed by atoms with Gasteiger partial charge in [0.1, 0.15) is 5.69 Å². The Kier molecular flexibility index (Phi) is 3.80. The van der Waals surface area contributed by atoms with E-state index < -0.39 is 0 Å². The van der Waals surface area contributed by atoms with Crippen LogP contribution in [0.3, 0.4) is 0 Å². The first-order chi connectivity index (χ1) is 12.1. The standard InChI is InChI=1S/C18H18N4O2S/c1-10-15-11(6-5-8-13(15)23)19-16(10)17(24)20-21-18-22(2)12-7-3-4-9-14(12)25-18/h3-4,7,9,19H,5-6,8H2,1-2H3,(H,20,24)/b21-18+. The number of aryl methyl sites for hydroxylation is 2. The summed E-state index contributed by atoms with van der Waals surface area (Å²) in [5.74, 6) is -0.209. The highest BCUT2D eigenvalue weighted by Gasteiger charge is 2.26. The molecule has 0 unspecified atom stereocenters. The summed E-state index contributed by atoms with van der Waals surface area (Å²) < 4.78 is 3.05. The van der Waals surface area contributed by atoms with Crippen LogP contribution in [-0.4, -0.2) is 21.2 Å². The lowest BCUT2D eigenvalue weighted by Crippen LogP contribution is -2.24. The molecule has 2 N–H and O–H groups in total. The van der Waals surface area contributed by atoms with Crippen molar-refractivity contribution in [2.45, 2.75) is 26.2 Å². The Labute approximate surface area is 148 Å². The molecule has 0 bridgehead atoms. The van der Waals surface area contributed by atoms with Crippen LogP contribution in [0.2, 0.25) is 0 Å². The minimum Gasteiger partial charge on any atom is -0.354 e. The van der Waals surface area contributed by atoms with Gasteiger partial charge in [-0.05, 0) is 37.5 Å². The van der Waals surface area contributed by atoms with Crippen molar-refractivity contribution >= 4 is 33.2 Å². The van der Waals surface area contributed by atoms with Gasteiger partial charge in [-0.25, -0.2) is 5.43 Å². The van der Waals surface area contributed by atoms with Crippen LogP contribution < -0.4 is 10.2 Å². The second-order valence-corrected chi connectivity index (χ2v) is 7.23. The second-order valence-electron chi connectivity index (χ2n) is 6.22. The Morgan fingerprint density at radius 1 is 1.32 bits per heavy atom. The van der Waals surface area contributed by atoms with E-state index >= 15 is 0 Å². The molecule has 0 saturated carbocycles. The maximum atomic E-state index is 12.5. The van der Waals surface area contributed by atoms with Crippen molar-refractivity contribution < 1.29 is 9.59 Å². The molecule has 0 aliphatic heterocycles. The molecule has 2 heterocycles. The van der Waals surface area contributed by atoms with Crippen LogP contribution in [-0.2, 0) is 13.5 Å². The highest BCUT2D eigenvalue weighted by Crippen LogP contribution is 2.26. The quantitative estimate of drug-likeness (QED) is 0.694. The van der Waals surface area contributed by atoms with Crippen LogP contribution >= 0.6 is 11.3 Å². The number of carbonyl (C=O) groups excluding carboxylic acids is 2. The molecule has 0 fully saturated rings. The molecular formula is C18H18N4O2S. The van der Waals surface area contributed by atoms with Gasteiger partial charge in [-0.1, -0.05) is 23.5 Å². The monoisotopic (exact) mass is 354 g/mol. The first-order valence-corrected chi connectivity index (χ1v) is 9.01. The van der Waals surface area contributed by atoms with E-state index in [4.69, 9.17) is 0 Å². The fourth-order valence-electron chi connectivity index (χ4n) is 3.34. The normalized spacial score (nSPS) is 14.8. The number of rotatable bonds is 2. The van der Waals surface area contributed by atoms with Gasteiger partial charge < -0.3 is 9.55 Å². The van der Waals surface area contributed by atoms with Crippen molar-refractivity contribution in [3.8, 4) is 0 Å². The lowest BCUT2D eigenvalue weighted by Gasteiger charge is -2.09. The van der Waals surface area contributed by atoms with Gasteiger partial charge in [-0.15, -0.1) is 5.10 Å². The highest BCUT2D eigenvalue weighted by molar-refractivity contribution is 7.16. The van der Waals surface area contributed by atoms with Crippen LogP contribution in [0, 0.1) is 6.92 Å². The Balaban J connectivity index is 1.66. The van der Waals surface area contributed by atoms with E-state index in [9.17, 15) is 9.59 Å². The number of amides is 1. The summed E-state index contributed by atoms with van der Waals surface area (Å²) in [4.78, 5) is 28.4. The lowest BCUT2D eigenvalue weighted by atomic mass is 9.94. The number of para-hydroxylation sites is 1. The molecule has 4 rings (SSSR count). The smallest absolute Gasteiger partial charge is 0.288 e. The maximum Gasteiger partial charge on any atom is 0.288 e. The number of aromatic amines is 1. The number of nitrogens with one attached hydrogen (secondary N) is 2. The number of H-pyrrole nitrogens is 1. The van der Waals surface area contributed by atoms with Gasteiger partial charge in [0.15, 0.2) is 5.78 Å². The minimum absolute atomic E-state index is 0.113. The number of nitrogens with zero attached hydrogens (tertiary/aromatic N) is 2. The zero-order chi connectivity index (χ0) is 17.6. The molecule has 7 heteroatoms. The molecule has 3 aromatic rings. The Morgan fingerprint density at radius 3 is 2.88 bits per heavy atom. The molecule has 1 amide bonds. The van der Waals surface area contributed by atoms with Crippen LogP contribution in [0.25, 0.3) is 10.2 Å². The molecule has 25 heavy (non-hydrogen) atoms. The third-order valence-corrected chi connectivity index (χ3v) is 5.74. The molecule has 0 spiro atoms. The largest absolute Gasteiger partial charge is 0.354 e. The number of thiazole rings is 1. The van der Waals surface area contributed by atoms with Crippen molar-refractivity contribution in [3.05, 3.63) is 51.6 Å². The van der Waals surface area contributed by atoms with E-state index in [1.54, 1.807) is 0 Å². The summed E-state index contributed by atoms with van der Waals surface area (Å²) in [5, 5.41) is 4.26. The van der Waals surface area contributed by atoms with Gasteiger partial charge in [-0.2, -0.15) is 0 Å². The summed E-state index contributed by atoms with van der Waals surface area (Å²) in [6.07, 6.45) is 2.18. The molecule has 128 valence electrons. The van der Waals surface area contributed by atoms with E-state index in [-0.39, 0.29) is 11.7 Å². The molecule has 1 aliphatic rings. The SMILES string of the molecule is Cc1c(C(=O)N/N=c2/sc3ccccc3n2C)[nH]c2c1C(=O)CCC2. The van der Waals surface area contributed by atoms with E-state index in [1.165, 1.54) is 11.3 Å². The van der Waals surface area contributed by atoms with Gasteiger partial charge in [-0.3, -0.25) is 9.59 Å². The number of aromatic nitrogens is 2. The number of fused-ring (bicyclic) bond motifs is 2. The van der Waals surface area contributed by atoms with Gasteiger partial charge >= 0.3 is 0 Å².